The SMILES string of the molecule is CCOC(=O)C1=CC2(NC(=O)c3ccccc3)C(=O)OC1(C(F)(F)F)CC2OCC. The van der Waals surface area contributed by atoms with Gasteiger partial charge < -0.3 is 19.5 Å². The van der Waals surface area contributed by atoms with Gasteiger partial charge in [0.2, 0.25) is 5.60 Å². The van der Waals surface area contributed by atoms with Gasteiger partial charge in [-0.25, -0.2) is 9.59 Å². The first kappa shape index (κ1) is 21.8. The summed E-state index contributed by atoms with van der Waals surface area (Å²) in [6.45, 7) is 2.76. The molecule has 0 aromatic heterocycles. The van der Waals surface area contributed by atoms with Crippen molar-refractivity contribution in [1.29, 1.82) is 0 Å². The van der Waals surface area contributed by atoms with Gasteiger partial charge in [-0.3, -0.25) is 4.79 Å². The zero-order valence-corrected chi connectivity index (χ0v) is 16.2. The minimum Gasteiger partial charge on any atom is -0.463 e. The quantitative estimate of drug-likeness (QED) is 0.701. The highest BCUT2D eigenvalue weighted by atomic mass is 19.4. The second kappa shape index (κ2) is 7.75. The lowest BCUT2D eigenvalue weighted by Gasteiger charge is -2.53. The maximum atomic E-state index is 14.0. The molecule has 4 rings (SSSR count). The van der Waals surface area contributed by atoms with Crippen LogP contribution in [-0.4, -0.2) is 54.5 Å². The lowest BCUT2D eigenvalue weighted by molar-refractivity contribution is -0.286. The Hall–Kier alpha value is -2.88. The third-order valence-electron chi connectivity index (χ3n) is 5.07. The molecular formula is C20H20F3NO6. The number of carbonyl (C=O) groups excluding carboxylic acids is 3. The number of benzene rings is 1. The highest BCUT2D eigenvalue weighted by Gasteiger charge is 2.74. The third-order valence-corrected chi connectivity index (χ3v) is 5.07. The Morgan fingerprint density at radius 2 is 1.87 bits per heavy atom. The summed E-state index contributed by atoms with van der Waals surface area (Å²) in [4.78, 5) is 37.9. The van der Waals surface area contributed by atoms with E-state index in [0.717, 1.165) is 6.08 Å². The van der Waals surface area contributed by atoms with E-state index in [9.17, 15) is 27.6 Å². The lowest BCUT2D eigenvalue weighted by Crippen LogP contribution is -2.75. The molecule has 162 valence electrons. The van der Waals surface area contributed by atoms with Gasteiger partial charge in [-0.15, -0.1) is 0 Å². The molecule has 0 saturated carbocycles. The number of esters is 2. The molecule has 3 atom stereocenters. The molecule has 2 bridgehead atoms. The first-order valence-electron chi connectivity index (χ1n) is 9.31. The minimum atomic E-state index is -5.10. The number of nitrogens with one attached hydrogen (secondary N) is 1. The Labute approximate surface area is 170 Å². The number of carbonyl (C=O) groups is 3. The minimum absolute atomic E-state index is 0.0303. The Morgan fingerprint density at radius 3 is 2.43 bits per heavy atom. The number of hydrogen-bond donors (Lipinski definition) is 1. The average Bonchev–Trinajstić information content (AvgIpc) is 2.69. The number of hydrogen-bond acceptors (Lipinski definition) is 6. The summed E-state index contributed by atoms with van der Waals surface area (Å²) in [5.74, 6) is -3.38. The number of ether oxygens (including phenoxy) is 3. The first-order valence-corrected chi connectivity index (χ1v) is 9.31. The summed E-state index contributed by atoms with van der Waals surface area (Å²) in [5, 5.41) is 2.43. The number of amides is 1. The Balaban J connectivity index is 2.15. The van der Waals surface area contributed by atoms with Gasteiger partial charge in [0.25, 0.3) is 5.91 Å². The molecule has 3 unspecified atom stereocenters. The normalized spacial score (nSPS) is 27.8. The Kier molecular flexibility index (Phi) is 5.64. The van der Waals surface area contributed by atoms with Crippen LogP contribution in [0.3, 0.4) is 0 Å². The van der Waals surface area contributed by atoms with E-state index in [0.29, 0.717) is 0 Å². The van der Waals surface area contributed by atoms with Crippen LogP contribution in [-0.2, 0) is 23.8 Å². The summed E-state index contributed by atoms with van der Waals surface area (Å²) in [5.41, 5.74) is -6.05. The monoisotopic (exact) mass is 427 g/mol. The number of rotatable bonds is 6. The van der Waals surface area contributed by atoms with Crippen LogP contribution in [0.15, 0.2) is 42.0 Å². The van der Waals surface area contributed by atoms with E-state index in [4.69, 9.17) is 14.2 Å². The molecule has 1 N–H and O–H groups in total. The highest BCUT2D eigenvalue weighted by Crippen LogP contribution is 2.53. The van der Waals surface area contributed by atoms with E-state index in [1.165, 1.54) is 26.0 Å². The Bertz CT molecular complexity index is 884. The van der Waals surface area contributed by atoms with Gasteiger partial charge in [-0.2, -0.15) is 13.2 Å². The van der Waals surface area contributed by atoms with E-state index in [1.807, 2.05) is 0 Å². The topological polar surface area (TPSA) is 90.9 Å². The van der Waals surface area contributed by atoms with E-state index in [1.54, 1.807) is 18.2 Å². The smallest absolute Gasteiger partial charge is 0.433 e. The molecule has 1 aromatic carbocycles. The van der Waals surface area contributed by atoms with Crippen molar-refractivity contribution in [2.75, 3.05) is 13.2 Å². The van der Waals surface area contributed by atoms with Crippen LogP contribution in [0.5, 0.6) is 0 Å². The predicted molar refractivity (Wildman–Crippen MR) is 96.3 cm³/mol. The molecule has 1 aliphatic carbocycles. The molecule has 2 aliphatic heterocycles. The van der Waals surface area contributed by atoms with Gasteiger partial charge >= 0.3 is 18.1 Å². The molecule has 1 amide bonds. The van der Waals surface area contributed by atoms with Crippen LogP contribution in [0, 0.1) is 0 Å². The summed E-state index contributed by atoms with van der Waals surface area (Å²) >= 11 is 0. The van der Waals surface area contributed by atoms with Crippen LogP contribution < -0.4 is 5.32 Å². The summed E-state index contributed by atoms with van der Waals surface area (Å²) in [6.07, 6.45) is -6.63. The van der Waals surface area contributed by atoms with Crippen molar-refractivity contribution in [3.05, 3.63) is 47.5 Å². The molecular weight excluding hydrogens is 407 g/mol. The standard InChI is InChI=1S/C20H20F3NO6/c1-3-28-14-11-19(20(21,22)23)13(16(26)29-4-2)10-18(14,17(27)30-19)24-15(25)12-8-6-5-7-9-12/h5-10,14H,3-4,11H2,1-2H3,(H,24,25). The van der Waals surface area contributed by atoms with Gasteiger partial charge in [0, 0.05) is 18.6 Å². The molecule has 1 fully saturated rings. The highest BCUT2D eigenvalue weighted by molar-refractivity contribution is 6.03. The van der Waals surface area contributed by atoms with E-state index in [-0.39, 0.29) is 18.8 Å². The van der Waals surface area contributed by atoms with Crippen molar-refractivity contribution in [2.24, 2.45) is 0 Å². The van der Waals surface area contributed by atoms with Gasteiger partial charge in [0.15, 0.2) is 5.54 Å². The lowest BCUT2D eigenvalue weighted by atomic mass is 9.69. The van der Waals surface area contributed by atoms with Crippen LogP contribution in [0.2, 0.25) is 0 Å². The van der Waals surface area contributed by atoms with Gasteiger partial charge in [-0.1, -0.05) is 18.2 Å². The van der Waals surface area contributed by atoms with E-state index >= 15 is 0 Å². The average molecular weight is 427 g/mol. The fourth-order valence-corrected chi connectivity index (χ4v) is 3.67. The molecule has 7 nitrogen and oxygen atoms in total. The van der Waals surface area contributed by atoms with Crippen LogP contribution in [0.25, 0.3) is 0 Å². The van der Waals surface area contributed by atoms with E-state index in [2.05, 4.69) is 5.32 Å². The number of alkyl halides is 3. The van der Waals surface area contributed by atoms with Crippen molar-refractivity contribution in [3.63, 3.8) is 0 Å². The van der Waals surface area contributed by atoms with Crippen LogP contribution in [0.1, 0.15) is 30.6 Å². The maximum Gasteiger partial charge on any atom is 0.433 e. The van der Waals surface area contributed by atoms with Crippen LogP contribution in [0.4, 0.5) is 13.2 Å². The third kappa shape index (κ3) is 3.34. The molecule has 3 aliphatic rings. The first-order chi connectivity index (χ1) is 14.1. The fraction of sp³-hybridized carbons (Fsp3) is 0.450. The van der Waals surface area contributed by atoms with Crippen molar-refractivity contribution >= 4 is 17.8 Å². The van der Waals surface area contributed by atoms with Gasteiger partial charge in [-0.05, 0) is 32.1 Å². The molecule has 0 spiro atoms. The van der Waals surface area contributed by atoms with Gasteiger partial charge in [0.05, 0.1) is 18.3 Å². The van der Waals surface area contributed by atoms with E-state index < -0.39 is 53.3 Å². The fourth-order valence-electron chi connectivity index (χ4n) is 3.67. The predicted octanol–water partition coefficient (Wildman–Crippen LogP) is 2.31. The molecule has 2 heterocycles. The maximum absolute atomic E-state index is 14.0. The molecule has 10 heteroatoms. The molecule has 1 saturated heterocycles. The summed E-state index contributed by atoms with van der Waals surface area (Å²) < 4.78 is 57.1. The summed E-state index contributed by atoms with van der Waals surface area (Å²) in [6, 6.07) is 7.77. The van der Waals surface area contributed by atoms with Crippen molar-refractivity contribution in [3.8, 4) is 0 Å². The zero-order chi connectivity index (χ0) is 22.2. The van der Waals surface area contributed by atoms with Crippen LogP contribution >= 0.6 is 0 Å². The molecule has 0 radical (unpaired) electrons. The second-order valence-corrected chi connectivity index (χ2v) is 6.83. The number of fused-ring (bicyclic) bond motifs is 2. The molecule has 1 aromatic rings. The molecule has 30 heavy (non-hydrogen) atoms. The van der Waals surface area contributed by atoms with Crippen molar-refractivity contribution < 1.29 is 41.8 Å². The van der Waals surface area contributed by atoms with Gasteiger partial charge in [0.1, 0.15) is 0 Å². The Morgan fingerprint density at radius 1 is 1.20 bits per heavy atom. The number of halogens is 3. The van der Waals surface area contributed by atoms with Crippen molar-refractivity contribution in [1.82, 2.24) is 5.32 Å². The van der Waals surface area contributed by atoms with Crippen molar-refractivity contribution in [2.45, 2.75) is 43.7 Å². The zero-order valence-electron chi connectivity index (χ0n) is 16.2. The summed E-state index contributed by atoms with van der Waals surface area (Å²) in [7, 11) is 0. The largest absolute Gasteiger partial charge is 0.463 e. The second-order valence-electron chi connectivity index (χ2n) is 6.83.